The number of amides is 2. The number of carboxylic acid groups (broad SMARTS) is 1. The van der Waals surface area contributed by atoms with Gasteiger partial charge in [-0.2, -0.15) is 0 Å². The van der Waals surface area contributed by atoms with Gasteiger partial charge in [0.25, 0.3) is 0 Å². The summed E-state index contributed by atoms with van der Waals surface area (Å²) in [5.41, 5.74) is 0. The van der Waals surface area contributed by atoms with Crippen LogP contribution in [0.2, 0.25) is 0 Å². The summed E-state index contributed by atoms with van der Waals surface area (Å²) in [6.45, 7) is 2.77. The average Bonchev–Trinajstić information content (AvgIpc) is 2.00. The highest BCUT2D eigenvalue weighted by molar-refractivity contribution is 5.76. The van der Waals surface area contributed by atoms with Crippen molar-refractivity contribution >= 4 is 12.0 Å². The van der Waals surface area contributed by atoms with Gasteiger partial charge in [-0.3, -0.25) is 4.79 Å². The molecule has 3 N–H and O–H groups in total. The van der Waals surface area contributed by atoms with Crippen LogP contribution in [0.4, 0.5) is 4.79 Å². The molecule has 2 amide bonds. The predicted octanol–water partition coefficient (Wildman–Crippen LogP) is 0.170. The van der Waals surface area contributed by atoms with E-state index in [2.05, 4.69) is 10.6 Å². The summed E-state index contributed by atoms with van der Waals surface area (Å²) < 4.78 is 0. The van der Waals surface area contributed by atoms with Crippen LogP contribution >= 0.6 is 0 Å². The van der Waals surface area contributed by atoms with Crippen molar-refractivity contribution in [1.82, 2.24) is 10.6 Å². The Hall–Kier alpha value is -1.26. The Morgan fingerprint density at radius 1 is 1.25 bits per heavy atom. The topological polar surface area (TPSA) is 78.4 Å². The van der Waals surface area contributed by atoms with E-state index >= 15 is 0 Å². The van der Waals surface area contributed by atoms with Crippen molar-refractivity contribution in [3.8, 4) is 0 Å². The Balaban J connectivity index is 3.25. The number of rotatable bonds is 5. The maximum Gasteiger partial charge on any atom is 0.404 e. The van der Waals surface area contributed by atoms with E-state index in [1.165, 1.54) is 0 Å². The van der Waals surface area contributed by atoms with Crippen LogP contribution < -0.4 is 10.6 Å². The second kappa shape index (κ2) is 6.45. The Bertz CT molecular complexity index is 159. The van der Waals surface area contributed by atoms with Gasteiger partial charge in [-0.1, -0.05) is 6.92 Å². The fraction of sp³-hybridized carbons (Fsp3) is 0.714. The van der Waals surface area contributed by atoms with Crippen LogP contribution in [0.3, 0.4) is 0 Å². The zero-order valence-electron chi connectivity index (χ0n) is 7.09. The van der Waals surface area contributed by atoms with Gasteiger partial charge in [-0.25, -0.2) is 4.79 Å². The van der Waals surface area contributed by atoms with Gasteiger partial charge in [0.1, 0.15) is 0 Å². The standard InChI is InChI=1S/C7H14N2O3/c1-2-4-8-6(10)3-5-9-7(11)12/h9H,2-5H2,1H3,(H,8,10)(H,11,12). The SMILES string of the molecule is CCCNC(=O)CCNC(=O)O. The second-order valence-corrected chi connectivity index (χ2v) is 2.33. The summed E-state index contributed by atoms with van der Waals surface area (Å²) in [6.07, 6.45) is -0.0111. The van der Waals surface area contributed by atoms with Gasteiger partial charge in [-0.15, -0.1) is 0 Å². The molecular weight excluding hydrogens is 160 g/mol. The fourth-order valence-corrected chi connectivity index (χ4v) is 0.636. The largest absolute Gasteiger partial charge is 0.465 e. The lowest BCUT2D eigenvalue weighted by Crippen LogP contribution is -2.30. The van der Waals surface area contributed by atoms with Gasteiger partial charge in [-0.05, 0) is 6.42 Å². The lowest BCUT2D eigenvalue weighted by atomic mass is 10.4. The molecule has 0 heterocycles. The van der Waals surface area contributed by atoms with Crippen molar-refractivity contribution in [2.45, 2.75) is 19.8 Å². The fourth-order valence-electron chi connectivity index (χ4n) is 0.636. The molecule has 0 fully saturated rings. The van der Waals surface area contributed by atoms with Crippen molar-refractivity contribution in [3.63, 3.8) is 0 Å². The minimum absolute atomic E-state index is 0.120. The summed E-state index contributed by atoms with van der Waals surface area (Å²) >= 11 is 0. The lowest BCUT2D eigenvalue weighted by molar-refractivity contribution is -0.120. The molecule has 0 spiro atoms. The number of nitrogens with one attached hydrogen (secondary N) is 2. The second-order valence-electron chi connectivity index (χ2n) is 2.33. The van der Waals surface area contributed by atoms with Gasteiger partial charge >= 0.3 is 6.09 Å². The molecule has 0 aromatic carbocycles. The Morgan fingerprint density at radius 3 is 2.42 bits per heavy atom. The number of carbonyl (C=O) groups is 2. The first-order valence-electron chi connectivity index (χ1n) is 3.90. The van der Waals surface area contributed by atoms with Crippen LogP contribution in [-0.2, 0) is 4.79 Å². The van der Waals surface area contributed by atoms with Crippen molar-refractivity contribution in [2.24, 2.45) is 0 Å². The lowest BCUT2D eigenvalue weighted by Gasteiger charge is -2.02. The highest BCUT2D eigenvalue weighted by Gasteiger charge is 2.00. The minimum Gasteiger partial charge on any atom is -0.465 e. The minimum atomic E-state index is -1.10. The normalized spacial score (nSPS) is 9.08. The van der Waals surface area contributed by atoms with E-state index in [1.807, 2.05) is 6.92 Å². The Kier molecular flexibility index (Phi) is 5.77. The van der Waals surface area contributed by atoms with E-state index in [9.17, 15) is 9.59 Å². The molecule has 0 aliphatic rings. The molecule has 5 heteroatoms. The van der Waals surface area contributed by atoms with Gasteiger partial charge < -0.3 is 15.7 Å². The zero-order chi connectivity index (χ0) is 9.40. The smallest absolute Gasteiger partial charge is 0.404 e. The maximum atomic E-state index is 10.8. The van der Waals surface area contributed by atoms with Crippen LogP contribution in [0.15, 0.2) is 0 Å². The molecule has 0 atom stereocenters. The summed E-state index contributed by atoms with van der Waals surface area (Å²) in [5, 5.41) is 12.9. The highest BCUT2D eigenvalue weighted by Crippen LogP contribution is 1.78. The molecule has 12 heavy (non-hydrogen) atoms. The first kappa shape index (κ1) is 10.7. The Morgan fingerprint density at radius 2 is 1.92 bits per heavy atom. The van der Waals surface area contributed by atoms with Crippen LogP contribution in [0.5, 0.6) is 0 Å². The van der Waals surface area contributed by atoms with Crippen LogP contribution in [-0.4, -0.2) is 30.2 Å². The summed E-state index contributed by atoms with van der Waals surface area (Å²) in [5.74, 6) is -0.120. The van der Waals surface area contributed by atoms with Crippen molar-refractivity contribution < 1.29 is 14.7 Å². The number of carbonyl (C=O) groups excluding carboxylic acids is 1. The average molecular weight is 174 g/mol. The Labute approximate surface area is 71.1 Å². The van der Waals surface area contributed by atoms with Gasteiger partial charge in [0.05, 0.1) is 0 Å². The molecule has 0 aromatic heterocycles. The van der Waals surface area contributed by atoms with E-state index in [0.717, 1.165) is 6.42 Å². The number of hydrogen-bond acceptors (Lipinski definition) is 2. The summed E-state index contributed by atoms with van der Waals surface area (Å²) in [4.78, 5) is 20.8. The number of hydrogen-bond donors (Lipinski definition) is 3. The van der Waals surface area contributed by atoms with Crippen LogP contribution in [0, 0.1) is 0 Å². The van der Waals surface area contributed by atoms with Gasteiger partial charge in [0, 0.05) is 19.5 Å². The maximum absolute atomic E-state index is 10.8. The monoisotopic (exact) mass is 174 g/mol. The molecule has 5 nitrogen and oxygen atoms in total. The van der Waals surface area contributed by atoms with Crippen molar-refractivity contribution in [2.75, 3.05) is 13.1 Å². The first-order valence-corrected chi connectivity index (χ1v) is 3.90. The summed E-state index contributed by atoms with van der Waals surface area (Å²) in [6, 6.07) is 0. The molecule has 0 radical (unpaired) electrons. The van der Waals surface area contributed by atoms with Crippen molar-refractivity contribution in [1.29, 1.82) is 0 Å². The van der Waals surface area contributed by atoms with Crippen molar-refractivity contribution in [3.05, 3.63) is 0 Å². The molecule has 0 aliphatic carbocycles. The van der Waals surface area contributed by atoms with E-state index in [1.54, 1.807) is 0 Å². The molecule has 0 unspecified atom stereocenters. The third-order valence-corrected chi connectivity index (χ3v) is 1.20. The van der Waals surface area contributed by atoms with E-state index in [0.29, 0.717) is 6.54 Å². The summed E-state index contributed by atoms with van der Waals surface area (Å²) in [7, 11) is 0. The molecular formula is C7H14N2O3. The zero-order valence-corrected chi connectivity index (χ0v) is 7.09. The first-order chi connectivity index (χ1) is 5.66. The van der Waals surface area contributed by atoms with Gasteiger partial charge in [0.2, 0.25) is 5.91 Å². The molecule has 0 saturated heterocycles. The molecule has 0 aliphatic heterocycles. The van der Waals surface area contributed by atoms with Crippen LogP contribution in [0.1, 0.15) is 19.8 Å². The molecule has 0 saturated carbocycles. The van der Waals surface area contributed by atoms with Gasteiger partial charge in [0.15, 0.2) is 0 Å². The van der Waals surface area contributed by atoms with E-state index < -0.39 is 6.09 Å². The third kappa shape index (κ3) is 6.85. The quantitative estimate of drug-likeness (QED) is 0.556. The van der Waals surface area contributed by atoms with Crippen LogP contribution in [0.25, 0.3) is 0 Å². The van der Waals surface area contributed by atoms with E-state index in [-0.39, 0.29) is 18.9 Å². The van der Waals surface area contributed by atoms with E-state index in [4.69, 9.17) is 5.11 Å². The third-order valence-electron chi connectivity index (χ3n) is 1.20. The molecule has 0 rings (SSSR count). The molecule has 70 valence electrons. The highest BCUT2D eigenvalue weighted by atomic mass is 16.4. The molecule has 0 bridgehead atoms. The molecule has 0 aromatic rings. The predicted molar refractivity (Wildman–Crippen MR) is 43.9 cm³/mol.